The minimum Gasteiger partial charge on any atom is -0.493 e. The Kier molecular flexibility index (Phi) is 6.44. The zero-order valence-electron chi connectivity index (χ0n) is 16.7. The summed E-state index contributed by atoms with van der Waals surface area (Å²) in [6, 6.07) is 10.1. The molecule has 0 radical (unpaired) electrons. The summed E-state index contributed by atoms with van der Waals surface area (Å²) < 4.78 is 6.84. The molecule has 0 spiro atoms. The molecule has 0 unspecified atom stereocenters. The van der Waals surface area contributed by atoms with E-state index in [0.717, 1.165) is 4.57 Å². The van der Waals surface area contributed by atoms with Crippen molar-refractivity contribution in [3.05, 3.63) is 73.0 Å². The summed E-state index contributed by atoms with van der Waals surface area (Å²) in [5.74, 6) is 0.111. The molecule has 0 saturated heterocycles. The lowest BCUT2D eigenvalue weighted by atomic mass is 10.1. The highest BCUT2D eigenvalue weighted by Crippen LogP contribution is 2.27. The zero-order valence-corrected chi connectivity index (χ0v) is 17.4. The maximum atomic E-state index is 12.9. The van der Waals surface area contributed by atoms with Crippen molar-refractivity contribution in [2.45, 2.75) is 19.9 Å². The molecule has 0 amide bonds. The van der Waals surface area contributed by atoms with Gasteiger partial charge in [0.25, 0.3) is 5.56 Å². The summed E-state index contributed by atoms with van der Waals surface area (Å²) in [6.45, 7) is 5.05. The van der Waals surface area contributed by atoms with Crippen LogP contribution in [0.3, 0.4) is 0 Å². The highest BCUT2D eigenvalue weighted by molar-refractivity contribution is 6.34. The first kappa shape index (κ1) is 22.1. The predicted molar refractivity (Wildman–Crippen MR) is 116 cm³/mol. The molecule has 7 nitrogen and oxygen atoms in total. The number of pyridine rings is 1. The summed E-state index contributed by atoms with van der Waals surface area (Å²) >= 11 is 6.05. The fraction of sp³-hybridized carbons (Fsp3) is 0.174. The lowest BCUT2D eigenvalue weighted by Gasteiger charge is -2.09. The van der Waals surface area contributed by atoms with Crippen LogP contribution in [-0.2, 0) is 6.54 Å². The summed E-state index contributed by atoms with van der Waals surface area (Å²) in [6.07, 6.45) is 1.67. The van der Waals surface area contributed by atoms with Crippen LogP contribution < -0.4 is 16.0 Å². The van der Waals surface area contributed by atoms with E-state index < -0.39 is 11.4 Å². The minimum absolute atomic E-state index is 0.0406. The van der Waals surface area contributed by atoms with Crippen LogP contribution in [0.1, 0.15) is 35.0 Å². The molecule has 0 aliphatic rings. The Hall–Kier alpha value is -3.60. The van der Waals surface area contributed by atoms with Gasteiger partial charge >= 0.3 is 0 Å². The van der Waals surface area contributed by atoms with E-state index in [1.165, 1.54) is 13.0 Å². The number of nitrogens with zero attached hydrogens (tertiary/aromatic N) is 2. The van der Waals surface area contributed by atoms with Crippen LogP contribution in [0.5, 0.6) is 5.88 Å². The van der Waals surface area contributed by atoms with E-state index in [-0.39, 0.29) is 41.4 Å². The van der Waals surface area contributed by atoms with Gasteiger partial charge in [-0.2, -0.15) is 5.26 Å². The predicted octanol–water partition coefficient (Wildman–Crippen LogP) is 2.16. The van der Waals surface area contributed by atoms with Crippen LogP contribution in [0.25, 0.3) is 24.0 Å². The average Bonchev–Trinajstić information content (AvgIpc) is 3.20. The van der Waals surface area contributed by atoms with Crippen molar-refractivity contribution in [1.82, 2.24) is 4.57 Å². The molecule has 0 fully saturated rings. The van der Waals surface area contributed by atoms with Gasteiger partial charge in [-0.15, -0.1) is 0 Å². The van der Waals surface area contributed by atoms with Gasteiger partial charge in [0.1, 0.15) is 23.2 Å². The van der Waals surface area contributed by atoms with Gasteiger partial charge in [-0.3, -0.25) is 14.2 Å². The first-order chi connectivity index (χ1) is 14.8. The van der Waals surface area contributed by atoms with E-state index in [0.29, 0.717) is 27.7 Å². The molecule has 8 heteroatoms. The van der Waals surface area contributed by atoms with E-state index in [9.17, 15) is 20.0 Å². The standard InChI is InChI=1S/C23H19ClN2O5/c1-13-17(22(29)26(8-3-9-27)23(30)19(13)12-25)11-16-5-7-21(31-16)15-4-6-20(24)18(10-15)14(2)28/h4-7,10-11,27,30H,1,3,8-9H2,2H3. The molecule has 0 aliphatic carbocycles. The number of benzene rings is 1. The van der Waals surface area contributed by atoms with E-state index in [1.807, 2.05) is 6.07 Å². The Morgan fingerprint density at radius 2 is 2.10 bits per heavy atom. The van der Waals surface area contributed by atoms with Crippen LogP contribution in [0.2, 0.25) is 5.02 Å². The number of carbonyl (C=O) groups is 1. The number of hydrogen-bond donors (Lipinski definition) is 2. The van der Waals surface area contributed by atoms with Crippen molar-refractivity contribution in [3.63, 3.8) is 0 Å². The smallest absolute Gasteiger partial charge is 0.261 e. The number of furan rings is 1. The Bertz CT molecular complexity index is 1380. The largest absolute Gasteiger partial charge is 0.493 e. The molecule has 31 heavy (non-hydrogen) atoms. The minimum atomic E-state index is -0.557. The lowest BCUT2D eigenvalue weighted by molar-refractivity contribution is 0.101. The normalized spacial score (nSPS) is 11.5. The van der Waals surface area contributed by atoms with Gasteiger partial charge in [-0.25, -0.2) is 0 Å². The van der Waals surface area contributed by atoms with E-state index in [4.69, 9.17) is 21.1 Å². The Labute approximate surface area is 182 Å². The van der Waals surface area contributed by atoms with E-state index >= 15 is 0 Å². The number of aromatic nitrogens is 1. The number of nitriles is 1. The van der Waals surface area contributed by atoms with E-state index in [2.05, 4.69) is 6.58 Å². The lowest BCUT2D eigenvalue weighted by Crippen LogP contribution is -2.46. The van der Waals surface area contributed by atoms with Crippen molar-refractivity contribution in [2.75, 3.05) is 6.61 Å². The average molecular weight is 439 g/mol. The molecule has 0 bridgehead atoms. The second-order valence-corrected chi connectivity index (χ2v) is 7.24. The number of ketones is 1. The van der Waals surface area contributed by atoms with Crippen molar-refractivity contribution in [3.8, 4) is 23.3 Å². The molecule has 2 N–H and O–H groups in total. The molecule has 3 rings (SSSR count). The van der Waals surface area contributed by atoms with Gasteiger partial charge in [0.15, 0.2) is 5.78 Å². The molecule has 1 aromatic carbocycles. The van der Waals surface area contributed by atoms with Crippen LogP contribution in [0.15, 0.2) is 39.5 Å². The second kappa shape index (κ2) is 9.04. The molecule has 0 saturated carbocycles. The Morgan fingerprint density at radius 1 is 1.35 bits per heavy atom. The Morgan fingerprint density at radius 3 is 2.74 bits per heavy atom. The number of rotatable bonds is 6. The maximum absolute atomic E-state index is 12.9. The van der Waals surface area contributed by atoms with Crippen LogP contribution >= 0.6 is 11.6 Å². The first-order valence-electron chi connectivity index (χ1n) is 9.36. The number of aliphatic hydroxyl groups is 1. The van der Waals surface area contributed by atoms with Crippen LogP contribution in [0.4, 0.5) is 0 Å². The van der Waals surface area contributed by atoms with Gasteiger partial charge in [0.2, 0.25) is 5.88 Å². The third kappa shape index (κ3) is 4.31. The molecular weight excluding hydrogens is 420 g/mol. The van der Waals surface area contributed by atoms with Gasteiger partial charge in [-0.05, 0) is 49.8 Å². The van der Waals surface area contributed by atoms with Crippen LogP contribution in [0, 0.1) is 11.3 Å². The number of Topliss-reactive ketones (excluding diaryl/α,β-unsaturated/α-hetero) is 1. The van der Waals surface area contributed by atoms with E-state index in [1.54, 1.807) is 30.3 Å². The summed E-state index contributed by atoms with van der Waals surface area (Å²) in [4.78, 5) is 24.6. The molecule has 0 atom stereocenters. The first-order valence-corrected chi connectivity index (χ1v) is 9.74. The number of aliphatic hydroxyl groups excluding tert-OH is 1. The van der Waals surface area contributed by atoms with Gasteiger partial charge < -0.3 is 14.6 Å². The topological polar surface area (TPSA) is 116 Å². The summed E-state index contributed by atoms with van der Waals surface area (Å²) in [5, 5.41) is 29.2. The summed E-state index contributed by atoms with van der Waals surface area (Å²) in [5.41, 5.74) is 0.315. The highest BCUT2D eigenvalue weighted by Gasteiger charge is 2.14. The SMILES string of the molecule is C=c1c(C#N)c(O)n(CCCO)c(=O)c1=Cc1ccc(-c2ccc(Cl)c(C(C)=O)c2)o1. The fourth-order valence-corrected chi connectivity index (χ4v) is 3.40. The monoisotopic (exact) mass is 438 g/mol. The second-order valence-electron chi connectivity index (χ2n) is 6.83. The number of hydrogen-bond acceptors (Lipinski definition) is 6. The number of carbonyl (C=O) groups excluding carboxylic acids is 1. The summed E-state index contributed by atoms with van der Waals surface area (Å²) in [7, 11) is 0. The van der Waals surface area contributed by atoms with Crippen molar-refractivity contribution < 1.29 is 19.4 Å². The third-order valence-corrected chi connectivity index (χ3v) is 5.11. The fourth-order valence-electron chi connectivity index (χ4n) is 3.15. The van der Waals surface area contributed by atoms with Gasteiger partial charge in [0, 0.05) is 29.5 Å². The molecular formula is C23H19ClN2O5. The third-order valence-electron chi connectivity index (χ3n) is 4.78. The zero-order chi connectivity index (χ0) is 22.7. The van der Waals surface area contributed by atoms with Crippen molar-refractivity contribution in [2.24, 2.45) is 0 Å². The molecule has 0 aliphatic heterocycles. The highest BCUT2D eigenvalue weighted by atomic mass is 35.5. The molecule has 3 aromatic rings. The molecule has 2 heterocycles. The van der Waals surface area contributed by atoms with Gasteiger partial charge in [-0.1, -0.05) is 18.2 Å². The number of halogens is 1. The molecule has 2 aromatic heterocycles. The van der Waals surface area contributed by atoms with Gasteiger partial charge in [0.05, 0.1) is 10.2 Å². The molecule has 158 valence electrons. The number of aromatic hydroxyl groups is 1. The quantitative estimate of drug-likeness (QED) is 0.570. The van der Waals surface area contributed by atoms with Crippen molar-refractivity contribution in [1.29, 1.82) is 5.26 Å². The van der Waals surface area contributed by atoms with Crippen molar-refractivity contribution >= 4 is 30.0 Å². The maximum Gasteiger partial charge on any atom is 0.261 e. The Balaban J connectivity index is 2.14. The van der Waals surface area contributed by atoms with Crippen LogP contribution in [-0.4, -0.2) is 27.2 Å².